The lowest BCUT2D eigenvalue weighted by molar-refractivity contribution is 1.11. The average Bonchev–Trinajstić information content (AvgIpc) is 2.45. The molecule has 0 amide bonds. The molecule has 1 aromatic rings. The van der Waals surface area contributed by atoms with Crippen molar-refractivity contribution >= 4 is 27.7 Å². The number of fused-ring (bicyclic) bond motifs is 1. The molecular weight excluding hydrogens is 238 g/mol. The van der Waals surface area contributed by atoms with Crippen LogP contribution in [0.25, 0.3) is 6.08 Å². The molecule has 1 aliphatic rings. The largest absolute Gasteiger partial charge is 0.378 e. The van der Waals surface area contributed by atoms with Crippen LogP contribution >= 0.6 is 15.9 Å². The van der Waals surface area contributed by atoms with Crippen molar-refractivity contribution < 1.29 is 0 Å². The molecule has 1 aromatic carbocycles. The van der Waals surface area contributed by atoms with Gasteiger partial charge in [-0.25, -0.2) is 0 Å². The Bertz CT molecular complexity index is 405. The van der Waals surface area contributed by atoms with Crippen LogP contribution in [0.4, 0.5) is 5.69 Å². The fourth-order valence-corrected chi connectivity index (χ4v) is 2.43. The molecule has 0 aromatic heterocycles. The van der Waals surface area contributed by atoms with Gasteiger partial charge in [0.1, 0.15) is 0 Å². The van der Waals surface area contributed by atoms with E-state index in [1.54, 1.807) is 0 Å². The minimum Gasteiger partial charge on any atom is -0.378 e. The second kappa shape index (κ2) is 3.43. The normalized spacial score (nSPS) is 13.9. The fourth-order valence-electron chi connectivity index (χ4n) is 1.82. The van der Waals surface area contributed by atoms with Crippen LogP contribution in [0.3, 0.4) is 0 Å². The minimum atomic E-state index is 1.09. The topological polar surface area (TPSA) is 3.24 Å². The second-order valence-electron chi connectivity index (χ2n) is 4.06. The molecule has 14 heavy (non-hydrogen) atoms. The molecule has 0 atom stereocenters. The van der Waals surface area contributed by atoms with E-state index in [2.05, 4.69) is 60.1 Å². The average molecular weight is 252 g/mol. The van der Waals surface area contributed by atoms with Gasteiger partial charge in [-0.2, -0.15) is 0 Å². The molecule has 0 fully saturated rings. The number of benzene rings is 1. The minimum absolute atomic E-state index is 1.09. The van der Waals surface area contributed by atoms with Gasteiger partial charge in [-0.15, -0.1) is 0 Å². The van der Waals surface area contributed by atoms with Crippen molar-refractivity contribution in [2.24, 2.45) is 0 Å². The Morgan fingerprint density at radius 2 is 2.00 bits per heavy atom. The van der Waals surface area contributed by atoms with Gasteiger partial charge in [0, 0.05) is 24.3 Å². The van der Waals surface area contributed by atoms with E-state index in [0.29, 0.717) is 0 Å². The molecule has 74 valence electrons. The second-order valence-corrected chi connectivity index (χ2v) is 4.92. The summed E-state index contributed by atoms with van der Waals surface area (Å²) in [6.45, 7) is 2.18. The maximum Gasteiger partial charge on any atom is 0.0375 e. The smallest absolute Gasteiger partial charge is 0.0375 e. The zero-order chi connectivity index (χ0) is 10.3. The third kappa shape index (κ3) is 1.59. The highest BCUT2D eigenvalue weighted by Crippen LogP contribution is 2.34. The lowest BCUT2D eigenvalue weighted by Gasteiger charge is -2.15. The Morgan fingerprint density at radius 3 is 2.64 bits per heavy atom. The highest BCUT2D eigenvalue weighted by Gasteiger charge is 2.14. The van der Waals surface area contributed by atoms with Crippen molar-refractivity contribution in [3.8, 4) is 0 Å². The molecule has 0 bridgehead atoms. The molecule has 0 unspecified atom stereocenters. The van der Waals surface area contributed by atoms with Crippen molar-refractivity contribution in [2.45, 2.75) is 13.3 Å². The number of hydrogen-bond acceptors (Lipinski definition) is 1. The monoisotopic (exact) mass is 251 g/mol. The van der Waals surface area contributed by atoms with Crippen LogP contribution in [0.2, 0.25) is 0 Å². The van der Waals surface area contributed by atoms with Gasteiger partial charge in [-0.3, -0.25) is 0 Å². The molecule has 0 saturated carbocycles. The highest BCUT2D eigenvalue weighted by atomic mass is 79.9. The van der Waals surface area contributed by atoms with Gasteiger partial charge in [0.25, 0.3) is 0 Å². The molecule has 0 radical (unpaired) electrons. The number of halogens is 1. The maximum absolute atomic E-state index is 3.62. The molecule has 2 heteroatoms. The van der Waals surface area contributed by atoms with Crippen LogP contribution in [-0.2, 0) is 6.42 Å². The molecule has 2 rings (SSSR count). The summed E-state index contributed by atoms with van der Waals surface area (Å²) in [5.41, 5.74) is 5.49. The summed E-state index contributed by atoms with van der Waals surface area (Å²) < 4.78 is 1.20. The predicted molar refractivity (Wildman–Crippen MR) is 65.8 cm³/mol. The number of hydrogen-bond donors (Lipinski definition) is 0. The van der Waals surface area contributed by atoms with Crippen LogP contribution in [0.1, 0.15) is 18.1 Å². The summed E-state index contributed by atoms with van der Waals surface area (Å²) in [6, 6.07) is 4.45. The van der Waals surface area contributed by atoms with E-state index in [1.165, 1.54) is 26.9 Å². The molecule has 0 heterocycles. The van der Waals surface area contributed by atoms with E-state index in [-0.39, 0.29) is 0 Å². The van der Waals surface area contributed by atoms with Crippen LogP contribution in [0.5, 0.6) is 0 Å². The van der Waals surface area contributed by atoms with Gasteiger partial charge in [0.05, 0.1) is 0 Å². The Kier molecular flexibility index (Phi) is 2.40. The van der Waals surface area contributed by atoms with Gasteiger partial charge >= 0.3 is 0 Å². The number of allylic oxidation sites excluding steroid dienone is 1. The summed E-state index contributed by atoms with van der Waals surface area (Å²) in [5, 5.41) is 0. The maximum atomic E-state index is 3.62. The standard InChI is InChI=1S/C12H14BrN/c1-8-4-9-6-10(14(2)3)7-12(13)11(9)5-8/h5-7H,4H2,1-3H3. The van der Waals surface area contributed by atoms with Crippen LogP contribution < -0.4 is 4.90 Å². The van der Waals surface area contributed by atoms with Crippen LogP contribution in [0.15, 0.2) is 22.2 Å². The fraction of sp³-hybridized carbons (Fsp3) is 0.333. The van der Waals surface area contributed by atoms with E-state index >= 15 is 0 Å². The molecule has 0 spiro atoms. The first-order chi connectivity index (χ1) is 6.58. The van der Waals surface area contributed by atoms with E-state index < -0.39 is 0 Å². The first kappa shape index (κ1) is 9.78. The summed E-state index contributed by atoms with van der Waals surface area (Å²) >= 11 is 3.62. The quantitative estimate of drug-likeness (QED) is 0.739. The first-order valence-corrected chi connectivity index (χ1v) is 5.54. The predicted octanol–water partition coefficient (Wildman–Crippen LogP) is 3.47. The lowest BCUT2D eigenvalue weighted by Crippen LogP contribution is -2.09. The highest BCUT2D eigenvalue weighted by molar-refractivity contribution is 9.10. The Morgan fingerprint density at radius 1 is 1.29 bits per heavy atom. The van der Waals surface area contributed by atoms with E-state index in [9.17, 15) is 0 Å². The Balaban J connectivity index is 2.51. The number of anilines is 1. The lowest BCUT2D eigenvalue weighted by atomic mass is 10.1. The Hall–Kier alpha value is -0.760. The molecule has 1 aliphatic carbocycles. The summed E-state index contributed by atoms with van der Waals surface area (Å²) in [6.07, 6.45) is 3.36. The van der Waals surface area contributed by atoms with Crippen molar-refractivity contribution in [1.82, 2.24) is 0 Å². The van der Waals surface area contributed by atoms with Gasteiger partial charge in [0.2, 0.25) is 0 Å². The Labute approximate surface area is 93.6 Å². The number of nitrogens with zero attached hydrogens (tertiary/aromatic N) is 1. The van der Waals surface area contributed by atoms with E-state index in [0.717, 1.165) is 6.42 Å². The van der Waals surface area contributed by atoms with E-state index in [4.69, 9.17) is 0 Å². The molecule has 0 N–H and O–H groups in total. The zero-order valence-electron chi connectivity index (χ0n) is 8.76. The van der Waals surface area contributed by atoms with Crippen molar-refractivity contribution in [1.29, 1.82) is 0 Å². The third-order valence-electron chi connectivity index (χ3n) is 2.58. The molecule has 0 aliphatic heterocycles. The third-order valence-corrected chi connectivity index (χ3v) is 3.23. The van der Waals surface area contributed by atoms with Crippen LogP contribution in [0, 0.1) is 0 Å². The van der Waals surface area contributed by atoms with Gasteiger partial charge in [0.15, 0.2) is 0 Å². The van der Waals surface area contributed by atoms with Crippen molar-refractivity contribution in [3.05, 3.63) is 33.3 Å². The summed E-state index contributed by atoms with van der Waals surface area (Å²) in [4.78, 5) is 2.14. The first-order valence-electron chi connectivity index (χ1n) is 4.75. The zero-order valence-corrected chi connectivity index (χ0v) is 10.4. The summed E-state index contributed by atoms with van der Waals surface area (Å²) in [5.74, 6) is 0. The van der Waals surface area contributed by atoms with Crippen LogP contribution in [-0.4, -0.2) is 14.1 Å². The molecule has 0 saturated heterocycles. The summed E-state index contributed by atoms with van der Waals surface area (Å²) in [7, 11) is 4.15. The molecular formula is C12H14BrN. The van der Waals surface area contributed by atoms with Gasteiger partial charge in [-0.1, -0.05) is 27.6 Å². The van der Waals surface area contributed by atoms with E-state index in [1.807, 2.05) is 0 Å². The van der Waals surface area contributed by atoms with Gasteiger partial charge in [-0.05, 0) is 36.6 Å². The SMILES string of the molecule is CC1=Cc2c(Br)cc(N(C)C)cc2C1. The van der Waals surface area contributed by atoms with Gasteiger partial charge < -0.3 is 4.90 Å². The van der Waals surface area contributed by atoms with Crippen molar-refractivity contribution in [2.75, 3.05) is 19.0 Å². The number of rotatable bonds is 1. The van der Waals surface area contributed by atoms with Crippen molar-refractivity contribution in [3.63, 3.8) is 0 Å². The molecule has 1 nitrogen and oxygen atoms in total.